The monoisotopic (exact) mass is 158 g/mol. The predicted octanol–water partition coefficient (Wildman–Crippen LogP) is -2.53. The third-order valence-corrected chi connectivity index (χ3v) is 2.52. The zero-order valence-electron chi connectivity index (χ0n) is 6.36. The molecule has 0 aromatic rings. The molecule has 0 spiro atoms. The lowest BCUT2D eigenvalue weighted by Crippen LogP contribution is -2.44. The van der Waals surface area contributed by atoms with E-state index in [9.17, 15) is 5.11 Å². The van der Waals surface area contributed by atoms with Crippen LogP contribution in [0.2, 0.25) is 0 Å². The summed E-state index contributed by atoms with van der Waals surface area (Å²) in [6.07, 6.45) is -0.912. The Bertz CT molecular complexity index is 176. The van der Waals surface area contributed by atoms with Gasteiger partial charge in [0.05, 0.1) is 19.2 Å². The van der Waals surface area contributed by atoms with Crippen molar-refractivity contribution in [2.45, 2.75) is 23.8 Å². The fourth-order valence-electron chi connectivity index (χ4n) is 1.82. The number of aliphatic hydroxyl groups excluding tert-OH is 2. The summed E-state index contributed by atoms with van der Waals surface area (Å²) in [6, 6.07) is -0.106. The van der Waals surface area contributed by atoms with Crippen LogP contribution in [0.15, 0.2) is 0 Å². The molecule has 2 aliphatic rings. The molecule has 0 aliphatic carbocycles. The molecule has 62 valence electrons. The molecular formula is C6H11BO4. The summed E-state index contributed by atoms with van der Waals surface area (Å²) >= 11 is 0. The van der Waals surface area contributed by atoms with Gasteiger partial charge in [-0.2, -0.15) is 0 Å². The van der Waals surface area contributed by atoms with Gasteiger partial charge >= 0.3 is 0 Å². The van der Waals surface area contributed by atoms with Crippen LogP contribution < -0.4 is 0 Å². The first-order valence-electron chi connectivity index (χ1n) is 3.78. The van der Waals surface area contributed by atoms with E-state index in [0.717, 1.165) is 0 Å². The van der Waals surface area contributed by atoms with Gasteiger partial charge in [0.15, 0.2) is 0 Å². The first kappa shape index (κ1) is 7.55. The Kier molecular flexibility index (Phi) is 1.51. The van der Waals surface area contributed by atoms with Gasteiger partial charge in [-0.1, -0.05) is 0 Å². The standard InChI is InChI=1S/C6H11BO4/c7-5-3-4(9)6(1-8,11-5)2-10-3/h3-5,8-9H,1-2,7H2/t3-,4+,5-,6+/m1/s1. The van der Waals surface area contributed by atoms with Gasteiger partial charge in [0.25, 0.3) is 0 Å². The van der Waals surface area contributed by atoms with Crippen LogP contribution in [-0.2, 0) is 9.47 Å². The first-order valence-corrected chi connectivity index (χ1v) is 3.78. The summed E-state index contributed by atoms with van der Waals surface area (Å²) in [4.78, 5) is 0. The summed E-state index contributed by atoms with van der Waals surface area (Å²) in [5.41, 5.74) is -0.829. The number of aliphatic hydroxyl groups is 2. The first-order chi connectivity index (χ1) is 5.19. The summed E-state index contributed by atoms with van der Waals surface area (Å²) in [7, 11) is 1.84. The van der Waals surface area contributed by atoms with Gasteiger partial charge in [0.1, 0.15) is 25.7 Å². The van der Waals surface area contributed by atoms with Crippen LogP contribution in [0.1, 0.15) is 0 Å². The van der Waals surface area contributed by atoms with Crippen molar-refractivity contribution >= 4 is 7.85 Å². The number of hydrogen-bond donors (Lipinski definition) is 2. The van der Waals surface area contributed by atoms with Crippen molar-refractivity contribution in [3.05, 3.63) is 0 Å². The number of fused-ring (bicyclic) bond motifs is 2. The van der Waals surface area contributed by atoms with E-state index in [2.05, 4.69) is 0 Å². The van der Waals surface area contributed by atoms with Crippen LogP contribution in [0.4, 0.5) is 0 Å². The van der Waals surface area contributed by atoms with E-state index in [0.29, 0.717) is 6.61 Å². The third-order valence-electron chi connectivity index (χ3n) is 2.52. The Morgan fingerprint density at radius 2 is 2.36 bits per heavy atom. The predicted molar refractivity (Wildman–Crippen MR) is 39.0 cm³/mol. The highest BCUT2D eigenvalue weighted by atomic mass is 16.6. The number of hydrogen-bond acceptors (Lipinski definition) is 4. The minimum Gasteiger partial charge on any atom is -0.393 e. The third kappa shape index (κ3) is 0.795. The van der Waals surface area contributed by atoms with Gasteiger partial charge < -0.3 is 19.7 Å². The topological polar surface area (TPSA) is 58.9 Å². The second kappa shape index (κ2) is 2.20. The van der Waals surface area contributed by atoms with Crippen LogP contribution in [0.5, 0.6) is 0 Å². The Balaban J connectivity index is 2.24. The van der Waals surface area contributed by atoms with Crippen LogP contribution in [-0.4, -0.2) is 55.1 Å². The molecule has 0 radical (unpaired) electrons. The van der Waals surface area contributed by atoms with E-state index in [1.807, 2.05) is 7.85 Å². The molecule has 0 unspecified atom stereocenters. The molecule has 5 heteroatoms. The van der Waals surface area contributed by atoms with E-state index < -0.39 is 11.7 Å². The smallest absolute Gasteiger partial charge is 0.142 e. The highest BCUT2D eigenvalue weighted by molar-refractivity contribution is 6.11. The van der Waals surface area contributed by atoms with Gasteiger partial charge in [-0.15, -0.1) is 0 Å². The summed E-state index contributed by atoms with van der Waals surface area (Å²) in [6.45, 7) is 0.134. The minimum absolute atomic E-state index is 0.106. The van der Waals surface area contributed by atoms with E-state index in [-0.39, 0.29) is 18.7 Å². The fourth-order valence-corrected chi connectivity index (χ4v) is 1.82. The van der Waals surface area contributed by atoms with Crippen LogP contribution in [0, 0.1) is 0 Å². The lowest BCUT2D eigenvalue weighted by atomic mass is 9.92. The van der Waals surface area contributed by atoms with Crippen molar-refractivity contribution in [1.82, 2.24) is 0 Å². The second-order valence-corrected chi connectivity index (χ2v) is 3.27. The Hall–Kier alpha value is -0.0951. The van der Waals surface area contributed by atoms with E-state index in [4.69, 9.17) is 14.6 Å². The second-order valence-electron chi connectivity index (χ2n) is 3.27. The van der Waals surface area contributed by atoms with Gasteiger partial charge in [0, 0.05) is 0 Å². The molecule has 2 saturated heterocycles. The SMILES string of the molecule is B[C@@H]1O[C@@]2(CO)CO[C@@H]1[C@@H]2O. The summed E-state index contributed by atoms with van der Waals surface area (Å²) in [5, 5.41) is 18.5. The fraction of sp³-hybridized carbons (Fsp3) is 1.00. The highest BCUT2D eigenvalue weighted by Gasteiger charge is 2.58. The zero-order valence-corrected chi connectivity index (χ0v) is 6.36. The van der Waals surface area contributed by atoms with Crippen molar-refractivity contribution in [2.75, 3.05) is 13.2 Å². The van der Waals surface area contributed by atoms with Crippen molar-refractivity contribution in [1.29, 1.82) is 0 Å². The van der Waals surface area contributed by atoms with Crippen molar-refractivity contribution < 1.29 is 19.7 Å². The van der Waals surface area contributed by atoms with Crippen LogP contribution in [0.25, 0.3) is 0 Å². The molecule has 2 fully saturated rings. The van der Waals surface area contributed by atoms with E-state index in [1.54, 1.807) is 0 Å². The maximum absolute atomic E-state index is 9.54. The maximum atomic E-state index is 9.54. The molecule has 2 rings (SSSR count). The number of ether oxygens (including phenoxy) is 2. The van der Waals surface area contributed by atoms with Gasteiger partial charge in [-0.05, 0) is 0 Å². The molecule has 0 aromatic heterocycles. The van der Waals surface area contributed by atoms with Crippen molar-refractivity contribution in [3.8, 4) is 0 Å². The molecule has 4 nitrogen and oxygen atoms in total. The van der Waals surface area contributed by atoms with E-state index in [1.165, 1.54) is 0 Å². The van der Waals surface area contributed by atoms with Gasteiger partial charge in [0.2, 0.25) is 0 Å². The lowest BCUT2D eigenvalue weighted by molar-refractivity contribution is -0.136. The molecule has 2 bridgehead atoms. The molecule has 0 amide bonds. The normalized spacial score (nSPS) is 55.3. The quantitative estimate of drug-likeness (QED) is 0.413. The van der Waals surface area contributed by atoms with Gasteiger partial charge in [-0.25, -0.2) is 0 Å². The van der Waals surface area contributed by atoms with Gasteiger partial charge in [-0.3, -0.25) is 0 Å². The molecule has 2 N–H and O–H groups in total. The molecule has 4 atom stereocenters. The lowest BCUT2D eigenvalue weighted by Gasteiger charge is -2.27. The minimum atomic E-state index is -0.829. The average molecular weight is 158 g/mol. The van der Waals surface area contributed by atoms with E-state index >= 15 is 0 Å². The Morgan fingerprint density at radius 1 is 1.64 bits per heavy atom. The molecular weight excluding hydrogens is 147 g/mol. The summed E-state index contributed by atoms with van der Waals surface area (Å²) in [5.74, 6) is 0. The highest BCUT2D eigenvalue weighted by Crippen LogP contribution is 2.38. The Morgan fingerprint density at radius 3 is 2.64 bits per heavy atom. The molecule has 11 heavy (non-hydrogen) atoms. The zero-order chi connectivity index (χ0) is 8.06. The molecule has 2 aliphatic heterocycles. The van der Waals surface area contributed by atoms with Crippen molar-refractivity contribution in [2.24, 2.45) is 0 Å². The molecule has 2 heterocycles. The van der Waals surface area contributed by atoms with Crippen molar-refractivity contribution in [3.63, 3.8) is 0 Å². The molecule has 0 aromatic carbocycles. The largest absolute Gasteiger partial charge is 0.393 e. The molecule has 0 saturated carbocycles. The van der Waals surface area contributed by atoms with Crippen LogP contribution in [0.3, 0.4) is 0 Å². The Labute approximate surface area is 65.5 Å². The average Bonchev–Trinajstić information content (AvgIpc) is 2.42. The maximum Gasteiger partial charge on any atom is 0.142 e. The summed E-state index contributed by atoms with van der Waals surface area (Å²) < 4.78 is 10.6. The number of rotatable bonds is 1. The van der Waals surface area contributed by atoms with Crippen LogP contribution >= 0.6 is 0 Å².